The zero-order valence-corrected chi connectivity index (χ0v) is 7.19. The molecule has 0 saturated carbocycles. The summed E-state index contributed by atoms with van der Waals surface area (Å²) in [6.45, 7) is 6.16. The Morgan fingerprint density at radius 1 is 1.27 bits per heavy atom. The second-order valence-electron chi connectivity index (χ2n) is 3.18. The predicted octanol–water partition coefficient (Wildman–Crippen LogP) is 2.10. The van der Waals surface area contributed by atoms with Gasteiger partial charge in [0, 0.05) is 0 Å². The zero-order chi connectivity index (χ0) is 8.43. The van der Waals surface area contributed by atoms with Gasteiger partial charge in [-0.15, -0.1) is 0 Å². The monoisotopic (exact) mass is 150 g/mol. The van der Waals surface area contributed by atoms with E-state index in [0.29, 0.717) is 0 Å². The molecular formula is C9H12BF. The van der Waals surface area contributed by atoms with Crippen molar-refractivity contribution in [3.63, 3.8) is 0 Å². The third kappa shape index (κ3) is 1.82. The summed E-state index contributed by atoms with van der Waals surface area (Å²) in [4.78, 5) is 0. The van der Waals surface area contributed by atoms with E-state index in [1.165, 1.54) is 0 Å². The molecule has 0 nitrogen and oxygen atoms in total. The predicted molar refractivity (Wildman–Crippen MR) is 48.3 cm³/mol. The molecule has 58 valence electrons. The van der Waals surface area contributed by atoms with Crippen LogP contribution in [0.4, 0.5) is 4.39 Å². The van der Waals surface area contributed by atoms with Gasteiger partial charge in [0.05, 0.1) is 0 Å². The van der Waals surface area contributed by atoms with E-state index in [9.17, 15) is 4.39 Å². The van der Waals surface area contributed by atoms with Crippen LogP contribution in [-0.4, -0.2) is 6.71 Å². The first-order valence-electron chi connectivity index (χ1n) is 3.87. The third-order valence-electron chi connectivity index (χ3n) is 1.78. The lowest BCUT2D eigenvalue weighted by molar-refractivity contribution is 0.634. The van der Waals surface area contributed by atoms with E-state index in [2.05, 4.69) is 0 Å². The molecule has 0 aliphatic heterocycles. The Morgan fingerprint density at radius 2 is 1.91 bits per heavy atom. The highest BCUT2D eigenvalue weighted by Gasteiger charge is 2.07. The summed E-state index contributed by atoms with van der Waals surface area (Å²) >= 11 is 0. The van der Waals surface area contributed by atoms with Crippen LogP contribution < -0.4 is 5.46 Å². The van der Waals surface area contributed by atoms with Crippen LogP contribution >= 0.6 is 0 Å². The smallest absolute Gasteiger partial charge is 0.173 e. The number of halogens is 1. The Morgan fingerprint density at radius 3 is 2.36 bits per heavy atom. The maximum atomic E-state index is 13.1. The van der Waals surface area contributed by atoms with E-state index in [4.69, 9.17) is 0 Å². The van der Waals surface area contributed by atoms with Crippen molar-refractivity contribution in [1.29, 1.82) is 0 Å². The fraction of sp³-hybridized carbons (Fsp3) is 0.333. The first kappa shape index (κ1) is 8.31. The van der Waals surface area contributed by atoms with Crippen LogP contribution in [0.2, 0.25) is 13.6 Å². The molecular weight excluding hydrogens is 138 g/mol. The lowest BCUT2D eigenvalue weighted by atomic mass is 9.49. The Labute approximate surface area is 67.5 Å². The average Bonchev–Trinajstić information content (AvgIpc) is 1.85. The molecule has 0 fully saturated rings. The summed E-state index contributed by atoms with van der Waals surface area (Å²) < 4.78 is 13.1. The molecule has 2 heteroatoms. The van der Waals surface area contributed by atoms with Gasteiger partial charge in [-0.2, -0.15) is 0 Å². The Balaban J connectivity index is 3.09. The number of hydrogen-bond acceptors (Lipinski definition) is 0. The molecule has 0 aliphatic carbocycles. The first-order valence-corrected chi connectivity index (χ1v) is 3.87. The average molecular weight is 150 g/mol. The Bertz CT molecular complexity index is 256. The molecule has 0 aromatic heterocycles. The molecule has 0 atom stereocenters. The SMILES string of the molecule is CB(C)c1ccc(C)cc1F. The summed E-state index contributed by atoms with van der Waals surface area (Å²) in [5, 5.41) is 0. The second kappa shape index (κ2) is 3.08. The van der Waals surface area contributed by atoms with Crippen LogP contribution in [0.15, 0.2) is 18.2 Å². The van der Waals surface area contributed by atoms with Crippen LogP contribution in [0.1, 0.15) is 5.56 Å². The highest BCUT2D eigenvalue weighted by atomic mass is 19.1. The minimum absolute atomic E-state index is 0.0833. The van der Waals surface area contributed by atoms with E-state index >= 15 is 0 Å². The lowest BCUT2D eigenvalue weighted by Crippen LogP contribution is -2.25. The second-order valence-corrected chi connectivity index (χ2v) is 3.18. The molecule has 0 spiro atoms. The molecule has 0 bridgehead atoms. The minimum Gasteiger partial charge on any atom is -0.208 e. The molecule has 0 radical (unpaired) electrons. The van der Waals surface area contributed by atoms with E-state index in [-0.39, 0.29) is 12.5 Å². The molecule has 0 saturated heterocycles. The number of benzene rings is 1. The van der Waals surface area contributed by atoms with Gasteiger partial charge in [-0.05, 0) is 24.0 Å². The molecule has 1 aromatic rings. The molecule has 1 aromatic carbocycles. The van der Waals surface area contributed by atoms with Crippen molar-refractivity contribution in [2.45, 2.75) is 20.6 Å². The molecule has 11 heavy (non-hydrogen) atoms. The van der Waals surface area contributed by atoms with Crippen molar-refractivity contribution in [2.75, 3.05) is 0 Å². The molecule has 0 N–H and O–H groups in total. The number of hydrogen-bond donors (Lipinski definition) is 0. The highest BCUT2D eigenvalue weighted by Crippen LogP contribution is 2.00. The number of rotatable bonds is 1. The minimum atomic E-state index is -0.0833. The van der Waals surface area contributed by atoms with Crippen LogP contribution in [-0.2, 0) is 0 Å². The van der Waals surface area contributed by atoms with Crippen LogP contribution in [0.25, 0.3) is 0 Å². The van der Waals surface area contributed by atoms with E-state index in [1.54, 1.807) is 6.07 Å². The van der Waals surface area contributed by atoms with Gasteiger partial charge in [-0.1, -0.05) is 25.8 Å². The maximum absolute atomic E-state index is 13.1. The maximum Gasteiger partial charge on any atom is 0.173 e. The summed E-state index contributed by atoms with van der Waals surface area (Å²) in [5.41, 5.74) is 1.78. The van der Waals surface area contributed by atoms with Crippen molar-refractivity contribution in [3.8, 4) is 0 Å². The largest absolute Gasteiger partial charge is 0.208 e. The van der Waals surface area contributed by atoms with E-state index in [1.807, 2.05) is 32.7 Å². The summed E-state index contributed by atoms with van der Waals surface area (Å²) in [6, 6.07) is 5.38. The summed E-state index contributed by atoms with van der Waals surface area (Å²) in [6.07, 6.45) is 0. The standard InChI is InChI=1S/C9H12BF/c1-7-4-5-8(10(2)3)9(11)6-7/h4-6H,1-3H3. The molecule has 1 rings (SSSR count). The van der Waals surface area contributed by atoms with Gasteiger partial charge >= 0.3 is 0 Å². The third-order valence-corrected chi connectivity index (χ3v) is 1.78. The van der Waals surface area contributed by atoms with Crippen molar-refractivity contribution in [3.05, 3.63) is 29.6 Å². The molecule has 0 amide bonds. The quantitative estimate of drug-likeness (QED) is 0.537. The van der Waals surface area contributed by atoms with E-state index < -0.39 is 0 Å². The summed E-state index contributed by atoms with van der Waals surface area (Å²) in [5.74, 6) is -0.0833. The highest BCUT2D eigenvalue weighted by molar-refractivity contribution is 6.70. The topological polar surface area (TPSA) is 0 Å². The van der Waals surface area contributed by atoms with Crippen LogP contribution in [0, 0.1) is 12.7 Å². The van der Waals surface area contributed by atoms with Gasteiger partial charge in [-0.3, -0.25) is 0 Å². The summed E-state index contributed by atoms with van der Waals surface area (Å²) in [7, 11) is 0. The number of aryl methyl sites for hydroxylation is 1. The van der Waals surface area contributed by atoms with E-state index in [0.717, 1.165) is 11.0 Å². The lowest BCUT2D eigenvalue weighted by Gasteiger charge is -2.04. The molecule has 0 aliphatic rings. The molecule has 0 heterocycles. The fourth-order valence-electron chi connectivity index (χ4n) is 1.10. The first-order chi connectivity index (χ1) is 5.11. The van der Waals surface area contributed by atoms with Gasteiger partial charge < -0.3 is 0 Å². The van der Waals surface area contributed by atoms with Gasteiger partial charge in [0.1, 0.15) is 5.82 Å². The normalized spacial score (nSPS) is 9.82. The Kier molecular flexibility index (Phi) is 2.33. The van der Waals surface area contributed by atoms with Crippen molar-refractivity contribution in [2.24, 2.45) is 0 Å². The van der Waals surface area contributed by atoms with Crippen molar-refractivity contribution in [1.82, 2.24) is 0 Å². The van der Waals surface area contributed by atoms with Gasteiger partial charge in [0.2, 0.25) is 0 Å². The van der Waals surface area contributed by atoms with Gasteiger partial charge in [-0.25, -0.2) is 4.39 Å². The van der Waals surface area contributed by atoms with Gasteiger partial charge in [0.25, 0.3) is 0 Å². The molecule has 0 unspecified atom stereocenters. The van der Waals surface area contributed by atoms with Gasteiger partial charge in [0.15, 0.2) is 6.71 Å². The Hall–Kier alpha value is -0.785. The van der Waals surface area contributed by atoms with Crippen molar-refractivity contribution < 1.29 is 4.39 Å². The van der Waals surface area contributed by atoms with Crippen molar-refractivity contribution >= 4 is 12.2 Å². The van der Waals surface area contributed by atoms with Crippen LogP contribution in [0.3, 0.4) is 0 Å². The van der Waals surface area contributed by atoms with Crippen LogP contribution in [0.5, 0.6) is 0 Å². The fourth-order valence-corrected chi connectivity index (χ4v) is 1.10. The zero-order valence-electron chi connectivity index (χ0n) is 7.19.